The molecule has 0 aromatic heterocycles. The topological polar surface area (TPSA) is 104 Å². The average Bonchev–Trinajstić information content (AvgIpc) is 2.38. The minimum absolute atomic E-state index is 0.000142. The first-order valence-corrected chi connectivity index (χ1v) is 5.91. The van der Waals surface area contributed by atoms with Gasteiger partial charge in [-0.2, -0.15) is 0 Å². The van der Waals surface area contributed by atoms with Gasteiger partial charge in [0.1, 0.15) is 0 Å². The summed E-state index contributed by atoms with van der Waals surface area (Å²) in [6.07, 6.45) is -0.790. The summed E-state index contributed by atoms with van der Waals surface area (Å²) in [5.41, 5.74) is -0.795. The van der Waals surface area contributed by atoms with Gasteiger partial charge in [0, 0.05) is 11.1 Å². The van der Waals surface area contributed by atoms with Crippen molar-refractivity contribution in [1.29, 1.82) is 0 Å². The van der Waals surface area contributed by atoms with Crippen LogP contribution in [0, 0.1) is 10.1 Å². The van der Waals surface area contributed by atoms with Gasteiger partial charge in [0.2, 0.25) is 5.78 Å². The Kier molecular flexibility index (Phi) is 5.33. The molecule has 0 N–H and O–H groups in total. The van der Waals surface area contributed by atoms with Crippen molar-refractivity contribution in [3.63, 3.8) is 0 Å². The molecule has 0 radical (unpaired) electrons. The quantitative estimate of drug-likeness (QED) is 0.199. The number of benzene rings is 1. The number of nitro benzene ring substituents is 1. The Morgan fingerprint density at radius 1 is 1.35 bits per heavy atom. The van der Waals surface area contributed by atoms with Gasteiger partial charge in [-0.3, -0.25) is 19.7 Å². The highest BCUT2D eigenvalue weighted by molar-refractivity contribution is 6.38. The molecule has 0 bridgehead atoms. The molecule has 0 atom stereocenters. The maximum atomic E-state index is 11.8. The average molecular weight is 300 g/mol. The lowest BCUT2D eigenvalue weighted by Crippen LogP contribution is -2.21. The van der Waals surface area contributed by atoms with E-state index in [1.807, 2.05) is 0 Å². The zero-order valence-electron chi connectivity index (χ0n) is 10.4. The van der Waals surface area contributed by atoms with Gasteiger partial charge in [-0.25, -0.2) is 4.79 Å². The SMILES string of the molecule is CCOC(=O)C(=O)CC(=O)c1ccc(Cl)cc1[N+](=O)[O-]. The number of ether oxygens (including phenoxy) is 1. The number of Topliss-reactive ketones (excluding diaryl/α,β-unsaturated/α-hetero) is 2. The lowest BCUT2D eigenvalue weighted by Gasteiger charge is -2.03. The third kappa shape index (κ3) is 3.86. The van der Waals surface area contributed by atoms with Crippen LogP contribution < -0.4 is 0 Å². The van der Waals surface area contributed by atoms with Crippen LogP contribution in [0.2, 0.25) is 5.02 Å². The lowest BCUT2D eigenvalue weighted by molar-refractivity contribution is -0.385. The number of hydrogen-bond donors (Lipinski definition) is 0. The van der Waals surface area contributed by atoms with E-state index in [-0.39, 0.29) is 17.2 Å². The summed E-state index contributed by atoms with van der Waals surface area (Å²) in [4.78, 5) is 44.3. The highest BCUT2D eigenvalue weighted by atomic mass is 35.5. The van der Waals surface area contributed by atoms with Crippen molar-refractivity contribution in [2.45, 2.75) is 13.3 Å². The number of ketones is 2. The molecule has 0 aliphatic carbocycles. The molecule has 0 amide bonds. The Morgan fingerprint density at radius 2 is 2.00 bits per heavy atom. The van der Waals surface area contributed by atoms with E-state index >= 15 is 0 Å². The van der Waals surface area contributed by atoms with Gasteiger partial charge in [-0.1, -0.05) is 11.6 Å². The van der Waals surface area contributed by atoms with E-state index in [9.17, 15) is 24.5 Å². The molecular weight excluding hydrogens is 290 g/mol. The number of halogens is 1. The fourth-order valence-electron chi connectivity index (χ4n) is 1.42. The van der Waals surface area contributed by atoms with Crippen molar-refractivity contribution in [1.82, 2.24) is 0 Å². The van der Waals surface area contributed by atoms with Gasteiger partial charge in [0.15, 0.2) is 5.78 Å². The third-order valence-electron chi connectivity index (χ3n) is 2.28. The number of nitrogens with zero attached hydrogens (tertiary/aromatic N) is 1. The Bertz CT molecular complexity index is 583. The van der Waals surface area contributed by atoms with Crippen molar-refractivity contribution >= 4 is 34.8 Å². The smallest absolute Gasteiger partial charge is 0.375 e. The van der Waals surface area contributed by atoms with E-state index in [0.717, 1.165) is 12.1 Å². The normalized spacial score (nSPS) is 9.90. The van der Waals surface area contributed by atoms with Crippen molar-refractivity contribution in [3.8, 4) is 0 Å². The lowest BCUT2D eigenvalue weighted by atomic mass is 10.0. The summed E-state index contributed by atoms with van der Waals surface area (Å²) >= 11 is 5.61. The highest BCUT2D eigenvalue weighted by Crippen LogP contribution is 2.24. The largest absolute Gasteiger partial charge is 0.460 e. The first kappa shape index (κ1) is 15.8. The Balaban J connectivity index is 2.96. The Morgan fingerprint density at radius 3 is 2.55 bits per heavy atom. The molecule has 0 saturated heterocycles. The number of carbonyl (C=O) groups is 3. The molecule has 7 nitrogen and oxygen atoms in total. The van der Waals surface area contributed by atoms with Crippen molar-refractivity contribution in [2.75, 3.05) is 6.61 Å². The molecule has 0 aliphatic rings. The van der Waals surface area contributed by atoms with Crippen LogP contribution in [-0.2, 0) is 14.3 Å². The fourth-order valence-corrected chi connectivity index (χ4v) is 1.58. The molecule has 1 rings (SSSR count). The Hall–Kier alpha value is -2.28. The summed E-state index contributed by atoms with van der Waals surface area (Å²) in [5, 5.41) is 10.9. The molecule has 0 fully saturated rings. The highest BCUT2D eigenvalue weighted by Gasteiger charge is 2.25. The molecule has 0 aliphatic heterocycles. The molecular formula is C12H10ClNO6. The first-order chi connectivity index (χ1) is 9.36. The second kappa shape index (κ2) is 6.76. The number of hydrogen-bond acceptors (Lipinski definition) is 6. The van der Waals surface area contributed by atoms with Crippen LogP contribution in [0.25, 0.3) is 0 Å². The molecule has 0 saturated carbocycles. The first-order valence-electron chi connectivity index (χ1n) is 5.54. The van der Waals surface area contributed by atoms with Gasteiger partial charge < -0.3 is 4.74 Å². The third-order valence-corrected chi connectivity index (χ3v) is 2.52. The zero-order valence-corrected chi connectivity index (χ0v) is 11.2. The van der Waals surface area contributed by atoms with E-state index in [2.05, 4.69) is 4.74 Å². The molecule has 0 heterocycles. The van der Waals surface area contributed by atoms with Crippen LogP contribution in [-0.4, -0.2) is 29.1 Å². The minimum atomic E-state index is -1.14. The summed E-state index contributed by atoms with van der Waals surface area (Å²) in [7, 11) is 0. The maximum Gasteiger partial charge on any atom is 0.375 e. The van der Waals surface area contributed by atoms with Crippen LogP contribution in [0.3, 0.4) is 0 Å². The van der Waals surface area contributed by atoms with Crippen molar-refractivity contribution < 1.29 is 24.0 Å². The summed E-state index contributed by atoms with van der Waals surface area (Å²) in [6, 6.07) is 3.43. The predicted octanol–water partition coefficient (Wildman–Crippen LogP) is 1.95. The molecule has 20 heavy (non-hydrogen) atoms. The van der Waals surface area contributed by atoms with Crippen LogP contribution >= 0.6 is 11.6 Å². The number of esters is 1. The monoisotopic (exact) mass is 299 g/mol. The van der Waals surface area contributed by atoms with Crippen molar-refractivity contribution in [2.24, 2.45) is 0 Å². The van der Waals surface area contributed by atoms with Crippen LogP contribution in [0.5, 0.6) is 0 Å². The second-order valence-corrected chi connectivity index (χ2v) is 4.10. The molecule has 106 valence electrons. The predicted molar refractivity (Wildman–Crippen MR) is 68.7 cm³/mol. The van der Waals surface area contributed by atoms with E-state index in [1.165, 1.54) is 13.0 Å². The van der Waals surface area contributed by atoms with Crippen LogP contribution in [0.15, 0.2) is 18.2 Å². The zero-order chi connectivity index (χ0) is 15.3. The van der Waals surface area contributed by atoms with Gasteiger partial charge in [-0.15, -0.1) is 0 Å². The van der Waals surface area contributed by atoms with Gasteiger partial charge in [0.25, 0.3) is 5.69 Å². The van der Waals surface area contributed by atoms with Gasteiger partial charge in [-0.05, 0) is 19.1 Å². The van der Waals surface area contributed by atoms with E-state index in [0.29, 0.717) is 0 Å². The maximum absolute atomic E-state index is 11.8. The fraction of sp³-hybridized carbons (Fsp3) is 0.250. The molecule has 0 spiro atoms. The Labute approximate surface area is 118 Å². The van der Waals surface area contributed by atoms with Gasteiger partial charge in [0.05, 0.1) is 23.5 Å². The van der Waals surface area contributed by atoms with E-state index in [1.54, 1.807) is 0 Å². The summed E-state index contributed by atoms with van der Waals surface area (Å²) < 4.78 is 4.44. The molecule has 0 unspecified atom stereocenters. The number of nitro groups is 1. The number of carbonyl (C=O) groups excluding carboxylic acids is 3. The van der Waals surface area contributed by atoms with Gasteiger partial charge >= 0.3 is 5.97 Å². The molecule has 1 aromatic rings. The van der Waals surface area contributed by atoms with Crippen LogP contribution in [0.1, 0.15) is 23.7 Å². The molecule has 8 heteroatoms. The summed E-state index contributed by atoms with van der Waals surface area (Å²) in [6.45, 7) is 1.51. The van der Waals surface area contributed by atoms with E-state index in [4.69, 9.17) is 11.6 Å². The second-order valence-electron chi connectivity index (χ2n) is 3.66. The molecule has 1 aromatic carbocycles. The van der Waals surface area contributed by atoms with Crippen LogP contribution in [0.4, 0.5) is 5.69 Å². The standard InChI is InChI=1S/C12H10ClNO6/c1-2-20-12(17)11(16)6-10(15)8-4-3-7(13)5-9(8)14(18)19/h3-5H,2,6H2,1H3. The summed E-state index contributed by atoms with van der Waals surface area (Å²) in [5.74, 6) is -3.04. The van der Waals surface area contributed by atoms with Crippen molar-refractivity contribution in [3.05, 3.63) is 38.9 Å². The van der Waals surface area contributed by atoms with E-state index < -0.39 is 34.6 Å². The number of rotatable bonds is 6. The minimum Gasteiger partial charge on any atom is -0.460 e.